The number of carbonyl (C=O) groups is 6. The van der Waals surface area contributed by atoms with Crippen LogP contribution in [0.1, 0.15) is 101 Å². The highest BCUT2D eigenvalue weighted by Gasteiger charge is 2.28. The quantitative estimate of drug-likeness (QED) is 0.0856. The Balaban J connectivity index is 5.16. The van der Waals surface area contributed by atoms with Gasteiger partial charge in [-0.1, -0.05) is 62.3 Å². The highest BCUT2D eigenvalue weighted by atomic mass is 16.4. The van der Waals surface area contributed by atoms with Crippen LogP contribution < -0.4 is 32.3 Å². The SMILES string of the molecule is CC(C)C[C@@H](CC(=O)O)NC(=O)C[C@H](C)NC(=O)C[C@@H](NC(=O)[C@H](CNC(=O)[C@@H](C)CNC(=O)[C@H](CN)C(C)C)CC(C)C)C(C)C. The summed E-state index contributed by atoms with van der Waals surface area (Å²) in [5.41, 5.74) is 5.72. The molecule has 0 bridgehead atoms. The normalized spacial score (nSPS) is 15.4. The Morgan fingerprint density at radius 2 is 1.17 bits per heavy atom. The molecule has 0 rings (SSSR count). The van der Waals surface area contributed by atoms with E-state index in [4.69, 9.17) is 10.8 Å². The zero-order valence-corrected chi connectivity index (χ0v) is 30.4. The van der Waals surface area contributed by atoms with Gasteiger partial charge in [0.1, 0.15) is 0 Å². The second-order valence-electron chi connectivity index (χ2n) is 14.5. The molecule has 272 valence electrons. The van der Waals surface area contributed by atoms with E-state index in [1.54, 1.807) is 13.8 Å². The van der Waals surface area contributed by atoms with Crippen LogP contribution in [0.4, 0.5) is 0 Å². The van der Waals surface area contributed by atoms with Gasteiger partial charge in [0, 0.05) is 50.6 Å². The molecule has 0 aromatic rings. The molecule has 0 aliphatic rings. The third kappa shape index (κ3) is 19.3. The number of carboxylic acids is 1. The number of hydrogen-bond donors (Lipinski definition) is 7. The lowest BCUT2D eigenvalue weighted by Gasteiger charge is -2.27. The van der Waals surface area contributed by atoms with Crippen LogP contribution in [0.5, 0.6) is 0 Å². The zero-order valence-electron chi connectivity index (χ0n) is 30.4. The fourth-order valence-corrected chi connectivity index (χ4v) is 5.29. The van der Waals surface area contributed by atoms with Gasteiger partial charge in [0.2, 0.25) is 29.5 Å². The first-order chi connectivity index (χ1) is 21.8. The molecule has 0 heterocycles. The monoisotopic (exact) mass is 668 g/mol. The van der Waals surface area contributed by atoms with Crippen molar-refractivity contribution < 1.29 is 33.9 Å². The number of rotatable bonds is 23. The summed E-state index contributed by atoms with van der Waals surface area (Å²) in [5, 5.41) is 23.4. The Hall–Kier alpha value is -3.22. The van der Waals surface area contributed by atoms with Crippen molar-refractivity contribution in [2.45, 2.75) is 119 Å². The predicted molar refractivity (Wildman–Crippen MR) is 183 cm³/mol. The lowest BCUT2D eigenvalue weighted by molar-refractivity contribution is -0.138. The van der Waals surface area contributed by atoms with Crippen LogP contribution in [-0.4, -0.2) is 78.4 Å². The third-order valence-corrected chi connectivity index (χ3v) is 8.05. The van der Waals surface area contributed by atoms with Crippen LogP contribution in [-0.2, 0) is 28.8 Å². The lowest BCUT2D eigenvalue weighted by atomic mass is 9.93. The van der Waals surface area contributed by atoms with Crippen molar-refractivity contribution in [2.75, 3.05) is 19.6 Å². The molecule has 0 aromatic heterocycles. The average Bonchev–Trinajstić information content (AvgIpc) is 2.92. The van der Waals surface area contributed by atoms with E-state index in [2.05, 4.69) is 26.6 Å². The standard InChI is InChI=1S/C34H64N6O7/c1-19(2)11-25(18-37-32(45)23(9)17-36-34(47)27(16-35)21(5)6)33(46)40-28(22(7)8)15-30(42)38-24(10)13-29(41)39-26(12-20(3)4)14-31(43)44/h19-28H,11-18,35H2,1-10H3,(H,36,47)(H,37,45)(H,38,42)(H,39,41)(H,40,46)(H,43,44)/t23-,24-,25-,26-,27+,28+/m0/s1. The van der Waals surface area contributed by atoms with Crippen molar-refractivity contribution in [3.63, 3.8) is 0 Å². The maximum absolute atomic E-state index is 13.4. The van der Waals surface area contributed by atoms with E-state index < -0.39 is 35.9 Å². The smallest absolute Gasteiger partial charge is 0.305 e. The van der Waals surface area contributed by atoms with E-state index >= 15 is 0 Å². The van der Waals surface area contributed by atoms with E-state index in [1.165, 1.54) is 0 Å². The number of hydrogen-bond acceptors (Lipinski definition) is 7. The van der Waals surface area contributed by atoms with Gasteiger partial charge >= 0.3 is 5.97 Å². The zero-order chi connectivity index (χ0) is 36.4. The summed E-state index contributed by atoms with van der Waals surface area (Å²) < 4.78 is 0. The van der Waals surface area contributed by atoms with Gasteiger partial charge in [0.25, 0.3) is 0 Å². The van der Waals surface area contributed by atoms with Gasteiger partial charge in [-0.2, -0.15) is 0 Å². The van der Waals surface area contributed by atoms with Crippen LogP contribution in [0.15, 0.2) is 0 Å². The summed E-state index contributed by atoms with van der Waals surface area (Å²) in [5.74, 6) is -3.38. The molecule has 0 aliphatic heterocycles. The predicted octanol–water partition coefficient (Wildman–Crippen LogP) is 2.18. The van der Waals surface area contributed by atoms with Crippen molar-refractivity contribution in [2.24, 2.45) is 47.2 Å². The summed E-state index contributed by atoms with van der Waals surface area (Å²) in [6, 6.07) is -1.47. The maximum atomic E-state index is 13.4. The fourth-order valence-electron chi connectivity index (χ4n) is 5.29. The summed E-state index contributed by atoms with van der Waals surface area (Å²) in [6.07, 6.45) is 0.867. The van der Waals surface area contributed by atoms with E-state index in [0.717, 1.165) is 0 Å². The molecular formula is C34H64N6O7. The molecule has 0 fully saturated rings. The largest absolute Gasteiger partial charge is 0.481 e. The van der Waals surface area contributed by atoms with Gasteiger partial charge in [-0.15, -0.1) is 0 Å². The van der Waals surface area contributed by atoms with Crippen LogP contribution in [0, 0.1) is 41.4 Å². The number of nitrogens with one attached hydrogen (secondary N) is 5. The number of aliphatic carboxylic acids is 1. The van der Waals surface area contributed by atoms with Crippen molar-refractivity contribution >= 4 is 35.5 Å². The van der Waals surface area contributed by atoms with Gasteiger partial charge in [0.05, 0.1) is 24.2 Å². The summed E-state index contributed by atoms with van der Waals surface area (Å²) >= 11 is 0. The van der Waals surface area contributed by atoms with Gasteiger partial charge in [-0.3, -0.25) is 28.8 Å². The topological polar surface area (TPSA) is 209 Å². The number of amides is 5. The van der Waals surface area contributed by atoms with Crippen molar-refractivity contribution in [3.8, 4) is 0 Å². The molecule has 13 heteroatoms. The molecule has 6 atom stereocenters. The van der Waals surface area contributed by atoms with Gasteiger partial charge in [0.15, 0.2) is 0 Å². The first-order valence-corrected chi connectivity index (χ1v) is 17.1. The highest BCUT2D eigenvalue weighted by molar-refractivity contribution is 5.84. The highest BCUT2D eigenvalue weighted by Crippen LogP contribution is 2.15. The lowest BCUT2D eigenvalue weighted by Crippen LogP contribution is -2.49. The summed E-state index contributed by atoms with van der Waals surface area (Å²) in [4.78, 5) is 75.3. The first-order valence-electron chi connectivity index (χ1n) is 17.1. The molecule has 0 unspecified atom stereocenters. The summed E-state index contributed by atoms with van der Waals surface area (Å²) in [6.45, 7) is 19.4. The molecule has 5 amide bonds. The molecule has 0 aliphatic carbocycles. The molecule has 13 nitrogen and oxygen atoms in total. The minimum Gasteiger partial charge on any atom is -0.481 e. The Kier molecular flexibility index (Phi) is 20.8. The molecule has 0 spiro atoms. The van der Waals surface area contributed by atoms with Crippen LogP contribution in [0.2, 0.25) is 0 Å². The second-order valence-corrected chi connectivity index (χ2v) is 14.5. The molecule has 0 radical (unpaired) electrons. The summed E-state index contributed by atoms with van der Waals surface area (Å²) in [7, 11) is 0. The minimum absolute atomic E-state index is 0.00200. The van der Waals surface area contributed by atoms with Crippen LogP contribution in [0.3, 0.4) is 0 Å². The van der Waals surface area contributed by atoms with Crippen molar-refractivity contribution in [3.05, 3.63) is 0 Å². The molecular weight excluding hydrogens is 604 g/mol. The van der Waals surface area contributed by atoms with Crippen molar-refractivity contribution in [1.82, 2.24) is 26.6 Å². The molecule has 0 saturated heterocycles. The van der Waals surface area contributed by atoms with E-state index in [0.29, 0.717) is 12.8 Å². The Morgan fingerprint density at radius 3 is 1.66 bits per heavy atom. The maximum Gasteiger partial charge on any atom is 0.305 e. The Bertz CT molecular complexity index is 1020. The molecule has 47 heavy (non-hydrogen) atoms. The van der Waals surface area contributed by atoms with Gasteiger partial charge < -0.3 is 37.4 Å². The third-order valence-electron chi connectivity index (χ3n) is 8.05. The van der Waals surface area contributed by atoms with E-state index in [-0.39, 0.29) is 98.0 Å². The fraction of sp³-hybridized carbons (Fsp3) is 0.824. The van der Waals surface area contributed by atoms with E-state index in [1.807, 2.05) is 55.4 Å². The number of nitrogens with two attached hydrogens (primary N) is 1. The second kappa shape index (κ2) is 22.4. The number of carboxylic acid groups (broad SMARTS) is 1. The minimum atomic E-state index is -0.990. The van der Waals surface area contributed by atoms with Crippen LogP contribution >= 0.6 is 0 Å². The van der Waals surface area contributed by atoms with Gasteiger partial charge in [-0.05, 0) is 43.4 Å². The number of carbonyl (C=O) groups excluding carboxylic acids is 5. The molecule has 0 aromatic carbocycles. The molecule has 8 N–H and O–H groups in total. The average molecular weight is 669 g/mol. The van der Waals surface area contributed by atoms with Crippen LogP contribution in [0.25, 0.3) is 0 Å². The van der Waals surface area contributed by atoms with Crippen molar-refractivity contribution in [1.29, 1.82) is 0 Å². The van der Waals surface area contributed by atoms with E-state index in [9.17, 15) is 28.8 Å². The molecule has 0 saturated carbocycles. The Labute approximate surface area is 282 Å². The van der Waals surface area contributed by atoms with Gasteiger partial charge in [-0.25, -0.2) is 0 Å². The first kappa shape index (κ1) is 43.8. The Morgan fingerprint density at radius 1 is 0.617 bits per heavy atom.